The molecule has 7 heteroatoms. The van der Waals surface area contributed by atoms with Crippen molar-refractivity contribution >= 4 is 27.8 Å². The zero-order chi connectivity index (χ0) is 16.5. The molecule has 0 radical (unpaired) electrons. The Morgan fingerprint density at radius 3 is 2.88 bits per heavy atom. The van der Waals surface area contributed by atoms with Crippen LogP contribution in [0.2, 0.25) is 0 Å². The van der Waals surface area contributed by atoms with Crippen molar-refractivity contribution in [3.63, 3.8) is 0 Å². The monoisotopic (exact) mass is 323 g/mol. The van der Waals surface area contributed by atoms with Gasteiger partial charge in [0.05, 0.1) is 24.5 Å². The topological polar surface area (TPSA) is 90.3 Å². The highest BCUT2D eigenvalue weighted by Gasteiger charge is 2.14. The fourth-order valence-electron chi connectivity index (χ4n) is 2.64. The predicted octanol–water partition coefficient (Wildman–Crippen LogP) is 2.05. The number of amides is 1. The van der Waals surface area contributed by atoms with Crippen molar-refractivity contribution in [3.05, 3.63) is 65.0 Å². The molecule has 0 atom stereocenters. The van der Waals surface area contributed by atoms with Crippen LogP contribution in [0.5, 0.6) is 0 Å². The lowest BCUT2D eigenvalue weighted by Crippen LogP contribution is -2.27. The molecule has 3 aromatic heterocycles. The van der Waals surface area contributed by atoms with Gasteiger partial charge in [-0.3, -0.25) is 9.48 Å². The quantitative estimate of drug-likeness (QED) is 0.581. The average Bonchev–Trinajstić information content (AvgIpc) is 3.23. The van der Waals surface area contributed by atoms with Crippen LogP contribution in [-0.2, 0) is 17.9 Å². The van der Waals surface area contributed by atoms with Gasteiger partial charge >= 0.3 is 5.63 Å². The summed E-state index contributed by atoms with van der Waals surface area (Å²) in [4.78, 5) is 24.2. The number of aromatic nitrogens is 2. The van der Waals surface area contributed by atoms with E-state index in [9.17, 15) is 9.59 Å². The molecular formula is C17H13N3O4. The Hall–Kier alpha value is -3.35. The summed E-state index contributed by atoms with van der Waals surface area (Å²) in [7, 11) is 0. The first-order valence-electron chi connectivity index (χ1n) is 7.39. The van der Waals surface area contributed by atoms with Crippen molar-refractivity contribution in [1.29, 1.82) is 0 Å². The van der Waals surface area contributed by atoms with Crippen molar-refractivity contribution in [2.45, 2.75) is 13.1 Å². The Balaban J connectivity index is 1.67. The third-order valence-electron chi connectivity index (χ3n) is 3.74. The van der Waals surface area contributed by atoms with E-state index in [1.54, 1.807) is 30.5 Å². The molecule has 1 N–H and O–H groups in total. The number of furan rings is 1. The molecule has 0 aliphatic heterocycles. The second-order valence-corrected chi connectivity index (χ2v) is 5.31. The number of nitrogens with zero attached hydrogens (tertiary/aromatic N) is 2. The Morgan fingerprint density at radius 2 is 2.04 bits per heavy atom. The second kappa shape index (κ2) is 5.69. The normalized spacial score (nSPS) is 11.2. The van der Waals surface area contributed by atoms with E-state index >= 15 is 0 Å². The van der Waals surface area contributed by atoms with Gasteiger partial charge in [0.1, 0.15) is 23.3 Å². The van der Waals surface area contributed by atoms with Crippen LogP contribution in [0.3, 0.4) is 0 Å². The van der Waals surface area contributed by atoms with Crippen LogP contribution in [0.4, 0.5) is 0 Å². The van der Waals surface area contributed by atoms with Gasteiger partial charge in [-0.2, -0.15) is 5.10 Å². The van der Waals surface area contributed by atoms with Gasteiger partial charge in [0, 0.05) is 5.39 Å². The summed E-state index contributed by atoms with van der Waals surface area (Å²) in [6, 6.07) is 10.7. The second-order valence-electron chi connectivity index (χ2n) is 5.31. The number of carbonyl (C=O) groups excluding carboxylic acids is 1. The van der Waals surface area contributed by atoms with E-state index in [0.717, 1.165) is 5.39 Å². The van der Waals surface area contributed by atoms with Crippen LogP contribution in [0.15, 0.2) is 62.5 Å². The minimum absolute atomic E-state index is 0.00233. The molecule has 1 amide bonds. The molecule has 0 saturated carbocycles. The van der Waals surface area contributed by atoms with E-state index in [2.05, 4.69) is 10.4 Å². The molecule has 120 valence electrons. The molecule has 24 heavy (non-hydrogen) atoms. The molecule has 7 nitrogen and oxygen atoms in total. The molecule has 4 rings (SSSR count). The summed E-state index contributed by atoms with van der Waals surface area (Å²) >= 11 is 0. The smallest absolute Gasteiger partial charge is 0.347 e. The number of fused-ring (bicyclic) bond motifs is 3. The first-order valence-corrected chi connectivity index (χ1v) is 7.39. The summed E-state index contributed by atoms with van der Waals surface area (Å²) in [5, 5.41) is 8.01. The molecule has 0 aliphatic rings. The minimum atomic E-state index is -0.467. The number of nitrogens with one attached hydrogen (secondary N) is 1. The zero-order valence-electron chi connectivity index (χ0n) is 12.6. The fourth-order valence-corrected chi connectivity index (χ4v) is 2.64. The maximum atomic E-state index is 12.2. The highest BCUT2D eigenvalue weighted by atomic mass is 16.4. The van der Waals surface area contributed by atoms with Crippen LogP contribution in [-0.4, -0.2) is 15.7 Å². The van der Waals surface area contributed by atoms with Gasteiger partial charge in [-0.1, -0.05) is 12.1 Å². The highest BCUT2D eigenvalue weighted by Crippen LogP contribution is 2.22. The Bertz CT molecular complexity index is 1080. The van der Waals surface area contributed by atoms with E-state index in [-0.39, 0.29) is 12.5 Å². The maximum absolute atomic E-state index is 12.2. The van der Waals surface area contributed by atoms with E-state index < -0.39 is 5.63 Å². The van der Waals surface area contributed by atoms with E-state index in [0.29, 0.717) is 28.8 Å². The summed E-state index contributed by atoms with van der Waals surface area (Å²) in [5.74, 6) is 0.438. The van der Waals surface area contributed by atoms with Gasteiger partial charge in [0.25, 0.3) is 0 Å². The Labute approximate surface area is 135 Å². The number of hydrogen-bond donors (Lipinski definition) is 1. The largest absolute Gasteiger partial charge is 0.467 e. The lowest BCUT2D eigenvalue weighted by Gasteiger charge is -2.06. The van der Waals surface area contributed by atoms with E-state index in [4.69, 9.17) is 8.83 Å². The fraction of sp³-hybridized carbons (Fsp3) is 0.118. The summed E-state index contributed by atoms with van der Waals surface area (Å²) < 4.78 is 11.9. The lowest BCUT2D eigenvalue weighted by atomic mass is 10.2. The van der Waals surface area contributed by atoms with Crippen LogP contribution in [0.1, 0.15) is 5.76 Å². The first-order chi connectivity index (χ1) is 11.7. The summed E-state index contributed by atoms with van der Waals surface area (Å²) in [6.45, 7) is 0.297. The van der Waals surface area contributed by atoms with Crippen molar-refractivity contribution in [3.8, 4) is 0 Å². The molecule has 3 heterocycles. The zero-order valence-corrected chi connectivity index (χ0v) is 12.6. The average molecular weight is 323 g/mol. The van der Waals surface area contributed by atoms with E-state index in [1.165, 1.54) is 10.9 Å². The molecule has 0 aliphatic carbocycles. The molecule has 0 spiro atoms. The van der Waals surface area contributed by atoms with Crippen molar-refractivity contribution in [2.75, 3.05) is 0 Å². The van der Waals surface area contributed by atoms with Gasteiger partial charge < -0.3 is 14.2 Å². The third kappa shape index (κ3) is 2.45. The van der Waals surface area contributed by atoms with Crippen LogP contribution < -0.4 is 10.9 Å². The van der Waals surface area contributed by atoms with Gasteiger partial charge in [0.15, 0.2) is 0 Å². The predicted molar refractivity (Wildman–Crippen MR) is 86.3 cm³/mol. The SMILES string of the molecule is O=C(Cn1ncc2c(=O)oc3ccccc3c21)NCc1ccco1. The van der Waals surface area contributed by atoms with Gasteiger partial charge in [-0.15, -0.1) is 0 Å². The standard InChI is InChI=1S/C17H13N3O4/c21-15(18-8-11-4-3-7-23-11)10-20-16-12-5-1-2-6-14(12)24-17(22)13(16)9-19-20/h1-7,9H,8,10H2,(H,18,21). The highest BCUT2D eigenvalue weighted by molar-refractivity contribution is 6.02. The molecule has 0 fully saturated rings. The molecule has 0 unspecified atom stereocenters. The van der Waals surface area contributed by atoms with E-state index in [1.807, 2.05) is 12.1 Å². The van der Waals surface area contributed by atoms with Crippen LogP contribution in [0, 0.1) is 0 Å². The molecule has 1 aromatic carbocycles. The molecular weight excluding hydrogens is 310 g/mol. The molecule has 4 aromatic rings. The number of para-hydroxylation sites is 1. The first kappa shape index (κ1) is 14.3. The lowest BCUT2D eigenvalue weighted by molar-refractivity contribution is -0.122. The molecule has 0 bridgehead atoms. The van der Waals surface area contributed by atoms with Crippen molar-refractivity contribution in [1.82, 2.24) is 15.1 Å². The van der Waals surface area contributed by atoms with Gasteiger partial charge in [0.2, 0.25) is 5.91 Å². The number of hydrogen-bond acceptors (Lipinski definition) is 5. The number of rotatable bonds is 4. The minimum Gasteiger partial charge on any atom is -0.467 e. The summed E-state index contributed by atoms with van der Waals surface area (Å²) in [6.07, 6.45) is 2.97. The van der Waals surface area contributed by atoms with Crippen LogP contribution in [0.25, 0.3) is 21.9 Å². The number of carbonyl (C=O) groups is 1. The third-order valence-corrected chi connectivity index (χ3v) is 3.74. The Kier molecular flexibility index (Phi) is 3.38. The Morgan fingerprint density at radius 1 is 1.17 bits per heavy atom. The van der Waals surface area contributed by atoms with Crippen molar-refractivity contribution < 1.29 is 13.6 Å². The summed E-state index contributed by atoms with van der Waals surface area (Å²) in [5.41, 5.74) is 0.591. The van der Waals surface area contributed by atoms with Gasteiger partial charge in [-0.05, 0) is 24.3 Å². The number of benzene rings is 1. The van der Waals surface area contributed by atoms with Crippen molar-refractivity contribution in [2.24, 2.45) is 0 Å². The molecule has 0 saturated heterocycles. The van der Waals surface area contributed by atoms with Crippen LogP contribution >= 0.6 is 0 Å². The van der Waals surface area contributed by atoms with Gasteiger partial charge in [-0.25, -0.2) is 4.79 Å². The maximum Gasteiger partial charge on any atom is 0.347 e.